The highest BCUT2D eigenvalue weighted by molar-refractivity contribution is 7.67. The van der Waals surface area contributed by atoms with Crippen LogP contribution in [0, 0.1) is 0 Å². The zero-order chi connectivity index (χ0) is 10.7. The van der Waals surface area contributed by atoms with Crippen molar-refractivity contribution in [3.63, 3.8) is 0 Å². The molecule has 0 radical (unpaired) electrons. The van der Waals surface area contributed by atoms with Gasteiger partial charge in [-0.15, -0.1) is 0 Å². The van der Waals surface area contributed by atoms with Crippen LogP contribution in [0.3, 0.4) is 0 Å². The number of carbonyl (C=O) groups is 1. The summed E-state index contributed by atoms with van der Waals surface area (Å²) < 4.78 is 4.86. The molecule has 15 heavy (non-hydrogen) atoms. The van der Waals surface area contributed by atoms with Crippen molar-refractivity contribution < 1.29 is 9.45 Å². The molecule has 1 aliphatic heterocycles. The first-order valence-corrected chi connectivity index (χ1v) is 6.82. The molecule has 1 aliphatic rings. The van der Waals surface area contributed by atoms with E-state index in [-0.39, 0.29) is 19.5 Å². The Morgan fingerprint density at radius 1 is 1.40 bits per heavy atom. The number of hydrogen-bond acceptors (Lipinski definition) is 2. The van der Waals surface area contributed by atoms with Crippen LogP contribution in [0.2, 0.25) is 0 Å². The Kier molecular flexibility index (Phi) is 3.43. The summed E-state index contributed by atoms with van der Waals surface area (Å²) >= 11 is 0. The predicted octanol–water partition coefficient (Wildman–Crippen LogP) is 1.05. The number of benzene rings is 1. The minimum absolute atomic E-state index is 0.0255. The van der Waals surface area contributed by atoms with Gasteiger partial charge in [0, 0.05) is 0 Å². The van der Waals surface area contributed by atoms with Gasteiger partial charge in [-0.1, -0.05) is 38.3 Å². The SMILES string of the molecule is BOC(=O)C1CCCP1c1ccccc1. The second-order valence-corrected chi connectivity index (χ2v) is 6.24. The molecule has 0 N–H and O–H groups in total. The largest absolute Gasteiger partial charge is 0.543 e. The molecular weight excluding hydrogens is 206 g/mol. The molecule has 0 amide bonds. The van der Waals surface area contributed by atoms with Crippen molar-refractivity contribution >= 4 is 27.2 Å². The van der Waals surface area contributed by atoms with E-state index in [9.17, 15) is 4.79 Å². The molecule has 78 valence electrons. The predicted molar refractivity (Wildman–Crippen MR) is 65.5 cm³/mol. The normalized spacial score (nSPS) is 25.1. The van der Waals surface area contributed by atoms with Crippen LogP contribution in [0.1, 0.15) is 12.8 Å². The zero-order valence-corrected chi connectivity index (χ0v) is 9.74. The molecule has 1 aromatic carbocycles. The molecule has 2 rings (SSSR count). The fourth-order valence-electron chi connectivity index (χ4n) is 2.08. The van der Waals surface area contributed by atoms with Gasteiger partial charge in [-0.05, 0) is 24.3 Å². The molecule has 0 bridgehead atoms. The van der Waals surface area contributed by atoms with Crippen molar-refractivity contribution in [3.8, 4) is 0 Å². The van der Waals surface area contributed by atoms with Gasteiger partial charge in [-0.25, -0.2) is 0 Å². The van der Waals surface area contributed by atoms with E-state index in [0.717, 1.165) is 12.8 Å². The third-order valence-electron chi connectivity index (χ3n) is 2.81. The Bertz CT molecular complexity index is 342. The smallest absolute Gasteiger partial charge is 0.325 e. The standard InChI is InChI=1S/C11H14BO2P/c12-14-11(13)10-7-4-8-15(10)9-5-2-1-3-6-9/h1-3,5-6,10H,4,7-8,12H2. The molecule has 2 unspecified atom stereocenters. The maximum atomic E-state index is 11.6. The van der Waals surface area contributed by atoms with Crippen molar-refractivity contribution in [1.82, 2.24) is 0 Å². The van der Waals surface area contributed by atoms with Crippen LogP contribution in [-0.2, 0) is 9.45 Å². The van der Waals surface area contributed by atoms with Crippen LogP contribution < -0.4 is 5.30 Å². The molecule has 1 aromatic rings. The molecule has 2 nitrogen and oxygen atoms in total. The van der Waals surface area contributed by atoms with Crippen molar-refractivity contribution in [3.05, 3.63) is 30.3 Å². The monoisotopic (exact) mass is 220 g/mol. The topological polar surface area (TPSA) is 26.3 Å². The summed E-state index contributed by atoms with van der Waals surface area (Å²) in [5, 5.41) is 1.33. The van der Waals surface area contributed by atoms with Crippen molar-refractivity contribution in [2.75, 3.05) is 6.16 Å². The van der Waals surface area contributed by atoms with Gasteiger partial charge in [0.05, 0.1) is 5.66 Å². The third kappa shape index (κ3) is 2.23. The lowest BCUT2D eigenvalue weighted by Gasteiger charge is -2.18. The van der Waals surface area contributed by atoms with Gasteiger partial charge >= 0.3 is 8.05 Å². The molecule has 0 spiro atoms. The number of carbonyl (C=O) groups excluding carboxylic acids is 1. The van der Waals surface area contributed by atoms with Crippen LogP contribution in [0.5, 0.6) is 0 Å². The second-order valence-electron chi connectivity index (χ2n) is 3.71. The summed E-state index contributed by atoms with van der Waals surface area (Å²) in [6.45, 7) is 0. The van der Waals surface area contributed by atoms with Crippen LogP contribution in [-0.4, -0.2) is 25.8 Å². The summed E-state index contributed by atoms with van der Waals surface area (Å²) in [7, 11) is 1.16. The molecule has 1 fully saturated rings. The van der Waals surface area contributed by atoms with Crippen LogP contribution in [0.4, 0.5) is 0 Å². The molecule has 0 aliphatic carbocycles. The fraction of sp³-hybridized carbons (Fsp3) is 0.364. The highest BCUT2D eigenvalue weighted by atomic mass is 31.1. The van der Waals surface area contributed by atoms with Gasteiger partial charge in [-0.2, -0.15) is 0 Å². The summed E-state index contributed by atoms with van der Waals surface area (Å²) in [4.78, 5) is 11.6. The second kappa shape index (κ2) is 4.80. The Morgan fingerprint density at radius 2 is 2.13 bits per heavy atom. The van der Waals surface area contributed by atoms with Gasteiger partial charge < -0.3 is 4.65 Å². The lowest BCUT2D eigenvalue weighted by molar-refractivity contribution is -0.133. The first-order valence-electron chi connectivity index (χ1n) is 5.22. The van der Waals surface area contributed by atoms with E-state index in [4.69, 9.17) is 4.65 Å². The molecular formula is C11H14BO2P. The fourth-order valence-corrected chi connectivity index (χ4v) is 4.94. The van der Waals surface area contributed by atoms with E-state index >= 15 is 0 Å². The van der Waals surface area contributed by atoms with Gasteiger partial charge in [0.1, 0.15) is 0 Å². The zero-order valence-electron chi connectivity index (χ0n) is 8.85. The van der Waals surface area contributed by atoms with Gasteiger partial charge in [0.15, 0.2) is 0 Å². The van der Waals surface area contributed by atoms with Gasteiger partial charge in [0.2, 0.25) is 0 Å². The summed E-state index contributed by atoms with van der Waals surface area (Å²) in [5.41, 5.74) is 0.132. The van der Waals surface area contributed by atoms with E-state index in [1.54, 1.807) is 0 Å². The van der Waals surface area contributed by atoms with E-state index in [1.165, 1.54) is 19.5 Å². The average molecular weight is 220 g/mol. The van der Waals surface area contributed by atoms with Crippen molar-refractivity contribution in [2.24, 2.45) is 0 Å². The molecule has 2 atom stereocenters. The highest BCUT2D eigenvalue weighted by Crippen LogP contribution is 2.49. The van der Waals surface area contributed by atoms with Gasteiger partial charge in [-0.3, -0.25) is 4.79 Å². The number of hydrogen-bond donors (Lipinski definition) is 0. The van der Waals surface area contributed by atoms with E-state index in [0.29, 0.717) is 0 Å². The maximum Gasteiger partial charge on any atom is 0.325 e. The Labute approximate surface area is 92.2 Å². The van der Waals surface area contributed by atoms with E-state index < -0.39 is 0 Å². The van der Waals surface area contributed by atoms with E-state index in [2.05, 4.69) is 12.1 Å². The molecule has 1 saturated heterocycles. The van der Waals surface area contributed by atoms with Crippen LogP contribution >= 0.6 is 7.92 Å². The van der Waals surface area contributed by atoms with E-state index in [1.807, 2.05) is 18.2 Å². The quantitative estimate of drug-likeness (QED) is 0.550. The maximum absolute atomic E-state index is 11.6. The molecule has 4 heteroatoms. The van der Waals surface area contributed by atoms with Crippen LogP contribution in [0.15, 0.2) is 30.3 Å². The lowest BCUT2D eigenvalue weighted by atomic mass is 10.2. The van der Waals surface area contributed by atoms with Crippen molar-refractivity contribution in [1.29, 1.82) is 0 Å². The minimum Gasteiger partial charge on any atom is -0.543 e. The van der Waals surface area contributed by atoms with Crippen LogP contribution in [0.25, 0.3) is 0 Å². The number of rotatable bonds is 2. The molecule has 0 aromatic heterocycles. The summed E-state index contributed by atoms with van der Waals surface area (Å²) in [6, 6.07) is 10.4. The third-order valence-corrected chi connectivity index (χ3v) is 5.79. The highest BCUT2D eigenvalue weighted by Gasteiger charge is 2.33. The summed E-state index contributed by atoms with van der Waals surface area (Å²) in [6.07, 6.45) is 3.31. The lowest BCUT2D eigenvalue weighted by Crippen LogP contribution is -2.21. The minimum atomic E-state index is -0.323. The Hall–Kier alpha value is -0.815. The first-order chi connectivity index (χ1) is 7.33. The molecule has 0 saturated carbocycles. The summed E-state index contributed by atoms with van der Waals surface area (Å²) in [5.74, 6) is -0.0255. The van der Waals surface area contributed by atoms with Gasteiger partial charge in [0.25, 0.3) is 5.97 Å². The first kappa shape index (κ1) is 10.7. The average Bonchev–Trinajstić information content (AvgIpc) is 2.78. The molecule has 1 heterocycles. The van der Waals surface area contributed by atoms with Crippen molar-refractivity contribution in [2.45, 2.75) is 18.5 Å². The Balaban J connectivity index is 2.18. The Morgan fingerprint density at radius 3 is 2.80 bits per heavy atom.